The molecule has 4 aromatic rings. The van der Waals surface area contributed by atoms with Crippen LogP contribution in [0.25, 0.3) is 22.3 Å². The van der Waals surface area contributed by atoms with Crippen LogP contribution in [0, 0.1) is 13.8 Å². The number of carbonyl (C=O) groups is 1. The minimum atomic E-state index is -0.713. The minimum absolute atomic E-state index is 0.260. The third-order valence-electron chi connectivity index (χ3n) is 6.95. The Labute approximate surface area is 237 Å². The third-order valence-corrected chi connectivity index (χ3v) is 6.95. The Morgan fingerprint density at radius 2 is 1.70 bits per heavy atom. The summed E-state index contributed by atoms with van der Waals surface area (Å²) >= 11 is 0. The summed E-state index contributed by atoms with van der Waals surface area (Å²) < 4.78 is 1.96. The van der Waals surface area contributed by atoms with Crippen molar-refractivity contribution in [2.45, 2.75) is 78.8 Å². The molecule has 8 nitrogen and oxygen atoms in total. The lowest BCUT2D eigenvalue weighted by Crippen LogP contribution is -2.32. The molecule has 0 atom stereocenters. The summed E-state index contributed by atoms with van der Waals surface area (Å²) in [6.07, 6.45) is 10.8. The number of carboxylic acid groups (broad SMARTS) is 1. The van der Waals surface area contributed by atoms with E-state index in [0.717, 1.165) is 79.7 Å². The number of carboxylic acids is 1. The number of nitrogens with one attached hydrogen (secondary N) is 1. The van der Waals surface area contributed by atoms with Crippen LogP contribution in [0.4, 0.5) is 11.4 Å². The first-order chi connectivity index (χ1) is 19.3. The number of anilines is 2. The molecule has 0 saturated heterocycles. The number of unbranched alkanes of at least 4 members (excludes halogenated alkanes) is 4. The number of aryl methyl sites for hydroxylation is 3. The Kier molecular flexibility index (Phi) is 10.2. The highest BCUT2D eigenvalue weighted by atomic mass is 16.4. The molecule has 0 aliphatic heterocycles. The number of hydrogen-bond acceptors (Lipinski definition) is 6. The zero-order valence-electron chi connectivity index (χ0n) is 24.2. The monoisotopic (exact) mass is 542 g/mol. The van der Waals surface area contributed by atoms with Crippen LogP contribution >= 0.6 is 0 Å². The van der Waals surface area contributed by atoms with Crippen LogP contribution in [0.15, 0.2) is 55.0 Å². The lowest BCUT2D eigenvalue weighted by atomic mass is 10.1. The Balaban J connectivity index is 1.48. The average molecular weight is 543 g/mol. The van der Waals surface area contributed by atoms with Gasteiger partial charge in [0.05, 0.1) is 29.1 Å². The van der Waals surface area contributed by atoms with Crippen molar-refractivity contribution < 1.29 is 9.90 Å². The van der Waals surface area contributed by atoms with E-state index in [4.69, 9.17) is 15.1 Å². The highest BCUT2D eigenvalue weighted by Gasteiger charge is 2.13. The van der Waals surface area contributed by atoms with Crippen molar-refractivity contribution in [3.63, 3.8) is 0 Å². The summed E-state index contributed by atoms with van der Waals surface area (Å²) in [6, 6.07) is 13.4. The van der Waals surface area contributed by atoms with E-state index in [0.29, 0.717) is 6.04 Å². The fourth-order valence-corrected chi connectivity index (χ4v) is 4.98. The highest BCUT2D eigenvalue weighted by Crippen LogP contribution is 2.30. The Hall–Kier alpha value is -3.78. The number of hydrogen-bond donors (Lipinski definition) is 2. The Morgan fingerprint density at radius 1 is 0.950 bits per heavy atom. The largest absolute Gasteiger partial charge is 0.481 e. The van der Waals surface area contributed by atoms with Crippen molar-refractivity contribution >= 4 is 28.4 Å². The van der Waals surface area contributed by atoms with E-state index >= 15 is 0 Å². The molecule has 2 heterocycles. The normalized spacial score (nSPS) is 11.4. The molecule has 0 saturated carbocycles. The van der Waals surface area contributed by atoms with Gasteiger partial charge < -0.3 is 15.3 Å². The van der Waals surface area contributed by atoms with Gasteiger partial charge in [-0.2, -0.15) is 5.10 Å². The van der Waals surface area contributed by atoms with Gasteiger partial charge in [-0.3, -0.25) is 14.5 Å². The van der Waals surface area contributed by atoms with Crippen molar-refractivity contribution in [2.75, 3.05) is 18.0 Å². The van der Waals surface area contributed by atoms with Gasteiger partial charge in [0.1, 0.15) is 0 Å². The number of rotatable bonds is 15. The van der Waals surface area contributed by atoms with Crippen LogP contribution in [0.2, 0.25) is 0 Å². The van der Waals surface area contributed by atoms with E-state index < -0.39 is 5.97 Å². The first-order valence-electron chi connectivity index (χ1n) is 14.4. The number of nitrogens with zero attached hydrogens (tertiary/aromatic N) is 5. The number of benzene rings is 2. The third kappa shape index (κ3) is 8.36. The SMILES string of the molecule is Cc1cc(C)cc(N(CCNC(C)C)c2ccc3ncc(-c4cnn(CCCCCCCC(=O)O)c4)nc3c2)c1. The summed E-state index contributed by atoms with van der Waals surface area (Å²) in [7, 11) is 0. The maximum Gasteiger partial charge on any atom is 0.303 e. The first-order valence-corrected chi connectivity index (χ1v) is 14.4. The van der Waals surface area contributed by atoms with Gasteiger partial charge in [0.25, 0.3) is 0 Å². The lowest BCUT2D eigenvalue weighted by molar-refractivity contribution is -0.137. The van der Waals surface area contributed by atoms with Gasteiger partial charge in [0.2, 0.25) is 0 Å². The molecule has 212 valence electrons. The van der Waals surface area contributed by atoms with Crippen molar-refractivity contribution in [3.05, 3.63) is 66.1 Å². The molecule has 0 aliphatic rings. The van der Waals surface area contributed by atoms with Gasteiger partial charge in [-0.15, -0.1) is 0 Å². The molecule has 2 aromatic heterocycles. The molecule has 4 rings (SSSR count). The topological polar surface area (TPSA) is 96.2 Å². The maximum atomic E-state index is 10.6. The van der Waals surface area contributed by atoms with Gasteiger partial charge >= 0.3 is 5.97 Å². The van der Waals surface area contributed by atoms with E-state index in [2.05, 4.69) is 73.3 Å². The molecule has 0 fully saturated rings. The number of aliphatic carboxylic acids is 1. The highest BCUT2D eigenvalue weighted by molar-refractivity contribution is 5.82. The Bertz CT molecular complexity index is 1390. The van der Waals surface area contributed by atoms with Crippen LogP contribution in [-0.4, -0.2) is 50.0 Å². The molecule has 2 N–H and O–H groups in total. The molecular formula is C32H42N6O2. The van der Waals surface area contributed by atoms with Gasteiger partial charge in [0, 0.05) is 55.2 Å². The summed E-state index contributed by atoms with van der Waals surface area (Å²) in [6.45, 7) is 11.2. The molecular weight excluding hydrogens is 500 g/mol. The van der Waals surface area contributed by atoms with Crippen LogP contribution in [-0.2, 0) is 11.3 Å². The average Bonchev–Trinajstić information content (AvgIpc) is 3.38. The summed E-state index contributed by atoms with van der Waals surface area (Å²) in [5.74, 6) is -0.713. The van der Waals surface area contributed by atoms with E-state index in [-0.39, 0.29) is 6.42 Å². The first kappa shape index (κ1) is 29.2. The summed E-state index contributed by atoms with van der Waals surface area (Å²) in [5, 5.41) is 16.8. The molecule has 0 spiro atoms. The van der Waals surface area contributed by atoms with E-state index in [1.54, 1.807) is 0 Å². The van der Waals surface area contributed by atoms with Crippen LogP contribution in [0.1, 0.15) is 63.5 Å². The van der Waals surface area contributed by atoms with Crippen molar-refractivity contribution in [1.82, 2.24) is 25.1 Å². The van der Waals surface area contributed by atoms with Crippen LogP contribution < -0.4 is 10.2 Å². The fraction of sp³-hybridized carbons (Fsp3) is 0.438. The fourth-order valence-electron chi connectivity index (χ4n) is 4.98. The second-order valence-electron chi connectivity index (χ2n) is 10.9. The number of aromatic nitrogens is 4. The number of fused-ring (bicyclic) bond motifs is 1. The second-order valence-corrected chi connectivity index (χ2v) is 10.9. The second kappa shape index (κ2) is 14.0. The molecule has 0 unspecified atom stereocenters. The van der Waals surface area contributed by atoms with Gasteiger partial charge in [-0.05, 0) is 68.1 Å². The smallest absolute Gasteiger partial charge is 0.303 e. The predicted octanol–water partition coefficient (Wildman–Crippen LogP) is 6.67. The van der Waals surface area contributed by atoms with Gasteiger partial charge in [-0.25, -0.2) is 4.98 Å². The Morgan fingerprint density at radius 3 is 2.45 bits per heavy atom. The zero-order chi connectivity index (χ0) is 28.5. The zero-order valence-corrected chi connectivity index (χ0v) is 24.2. The molecule has 40 heavy (non-hydrogen) atoms. The van der Waals surface area contributed by atoms with Crippen LogP contribution in [0.3, 0.4) is 0 Å². The van der Waals surface area contributed by atoms with E-state index in [9.17, 15) is 4.79 Å². The quantitative estimate of drug-likeness (QED) is 0.162. The summed E-state index contributed by atoms with van der Waals surface area (Å²) in [5.41, 5.74) is 8.24. The van der Waals surface area contributed by atoms with Crippen molar-refractivity contribution in [1.29, 1.82) is 0 Å². The predicted molar refractivity (Wildman–Crippen MR) is 162 cm³/mol. The molecule has 8 heteroatoms. The molecule has 0 bridgehead atoms. The van der Waals surface area contributed by atoms with E-state index in [1.165, 1.54) is 16.8 Å². The van der Waals surface area contributed by atoms with Crippen LogP contribution in [0.5, 0.6) is 0 Å². The lowest BCUT2D eigenvalue weighted by Gasteiger charge is -2.27. The minimum Gasteiger partial charge on any atom is -0.481 e. The van der Waals surface area contributed by atoms with Crippen molar-refractivity contribution in [2.24, 2.45) is 0 Å². The maximum absolute atomic E-state index is 10.6. The standard InChI is InChI=1S/C32H42N6O2/c1-23(2)33-13-15-38(28-17-24(3)16-25(4)18-28)27-11-12-29-30(19-27)36-31(21-34-29)26-20-35-37(22-26)14-9-7-5-6-8-10-32(39)40/h11-12,16-23,33H,5-10,13-15H2,1-4H3,(H,39,40). The molecule has 0 aliphatic carbocycles. The van der Waals surface area contributed by atoms with Gasteiger partial charge in [-0.1, -0.05) is 39.2 Å². The van der Waals surface area contributed by atoms with Gasteiger partial charge in [0.15, 0.2) is 0 Å². The van der Waals surface area contributed by atoms with E-state index in [1.807, 2.05) is 29.3 Å². The summed E-state index contributed by atoms with van der Waals surface area (Å²) in [4.78, 5) is 22.7. The van der Waals surface area contributed by atoms with Crippen molar-refractivity contribution in [3.8, 4) is 11.3 Å². The molecule has 0 radical (unpaired) electrons. The molecule has 2 aromatic carbocycles. The molecule has 0 amide bonds.